The molecule has 2 rings (SSSR count). The van der Waals surface area contributed by atoms with Crippen molar-refractivity contribution >= 4 is 0 Å². The number of ether oxygens (including phenoxy) is 2. The van der Waals surface area contributed by atoms with Crippen LogP contribution in [0.25, 0.3) is 0 Å². The predicted molar refractivity (Wildman–Crippen MR) is 73.2 cm³/mol. The molecule has 0 spiro atoms. The highest BCUT2D eigenvalue weighted by Gasteiger charge is 2.27. The van der Waals surface area contributed by atoms with Crippen molar-refractivity contribution in [1.82, 2.24) is 5.32 Å². The van der Waals surface area contributed by atoms with Gasteiger partial charge < -0.3 is 14.8 Å². The van der Waals surface area contributed by atoms with Crippen LogP contribution in [-0.2, 0) is 0 Å². The molecule has 1 heterocycles. The Morgan fingerprint density at radius 1 is 1.44 bits per heavy atom. The number of fused-ring (bicyclic) bond motifs is 1. The molecule has 1 aromatic carbocycles. The number of rotatable bonds is 6. The van der Waals surface area contributed by atoms with Crippen LogP contribution in [0.5, 0.6) is 11.5 Å². The van der Waals surface area contributed by atoms with E-state index in [1.165, 1.54) is 0 Å². The van der Waals surface area contributed by atoms with Crippen molar-refractivity contribution in [2.24, 2.45) is 0 Å². The van der Waals surface area contributed by atoms with Crippen LogP contribution in [-0.4, -0.2) is 25.8 Å². The molecule has 0 aliphatic carbocycles. The van der Waals surface area contributed by atoms with Gasteiger partial charge in [-0.2, -0.15) is 0 Å². The van der Waals surface area contributed by atoms with Gasteiger partial charge in [0, 0.05) is 6.04 Å². The van der Waals surface area contributed by atoms with Crippen molar-refractivity contribution in [2.45, 2.75) is 31.4 Å². The van der Waals surface area contributed by atoms with Gasteiger partial charge in [0.1, 0.15) is 12.7 Å². The molecule has 0 aromatic heterocycles. The van der Waals surface area contributed by atoms with E-state index in [0.29, 0.717) is 12.6 Å². The fourth-order valence-electron chi connectivity index (χ4n) is 2.23. The summed E-state index contributed by atoms with van der Waals surface area (Å²) in [6, 6.07) is 8.15. The Morgan fingerprint density at radius 2 is 2.22 bits per heavy atom. The van der Waals surface area contributed by atoms with Gasteiger partial charge in [-0.05, 0) is 38.4 Å². The highest BCUT2D eigenvalue weighted by atomic mass is 16.6. The summed E-state index contributed by atoms with van der Waals surface area (Å²) in [6.45, 7) is 4.36. The lowest BCUT2D eigenvalue weighted by Gasteiger charge is -2.32. The third-order valence-corrected chi connectivity index (χ3v) is 3.27. The van der Waals surface area contributed by atoms with Crippen LogP contribution >= 0.6 is 0 Å². The molecule has 98 valence electrons. The Kier molecular flexibility index (Phi) is 4.65. The van der Waals surface area contributed by atoms with E-state index in [1.54, 1.807) is 0 Å². The van der Waals surface area contributed by atoms with Crippen LogP contribution in [0.15, 0.2) is 36.9 Å². The predicted octanol–water partition coefficient (Wildman–Crippen LogP) is 2.77. The summed E-state index contributed by atoms with van der Waals surface area (Å²) in [5, 5.41) is 3.32. The molecule has 0 saturated carbocycles. The maximum Gasteiger partial charge on any atom is 0.161 e. The molecule has 2 unspecified atom stereocenters. The first-order valence-corrected chi connectivity index (χ1v) is 6.51. The number of nitrogens with one attached hydrogen (secondary N) is 1. The van der Waals surface area contributed by atoms with Crippen LogP contribution in [0.4, 0.5) is 0 Å². The molecule has 1 aliphatic rings. The molecule has 3 heteroatoms. The zero-order valence-corrected chi connectivity index (χ0v) is 10.9. The second-order valence-electron chi connectivity index (χ2n) is 4.53. The number of likely N-dealkylation sites (N-methyl/N-ethyl adjacent to an activating group) is 1. The van der Waals surface area contributed by atoms with Gasteiger partial charge in [-0.1, -0.05) is 18.2 Å². The molecule has 3 nitrogen and oxygen atoms in total. The molecule has 0 radical (unpaired) electrons. The minimum absolute atomic E-state index is 0.0784. The number of unbranched alkanes of at least 4 members (excludes halogenated alkanes) is 1. The number of hydrogen-bond acceptors (Lipinski definition) is 3. The van der Waals surface area contributed by atoms with Crippen LogP contribution in [0, 0.1) is 0 Å². The fraction of sp³-hybridized carbons (Fsp3) is 0.467. The highest BCUT2D eigenvalue weighted by molar-refractivity contribution is 5.40. The average Bonchev–Trinajstić information content (AvgIpc) is 2.43. The lowest BCUT2D eigenvalue weighted by molar-refractivity contribution is 0.0612. The third-order valence-electron chi connectivity index (χ3n) is 3.27. The van der Waals surface area contributed by atoms with Crippen molar-refractivity contribution in [2.75, 3.05) is 13.7 Å². The number of hydrogen-bond donors (Lipinski definition) is 1. The van der Waals surface area contributed by atoms with E-state index in [0.717, 1.165) is 30.8 Å². The summed E-state index contributed by atoms with van der Waals surface area (Å²) in [5.74, 6) is 1.69. The summed E-state index contributed by atoms with van der Waals surface area (Å²) in [4.78, 5) is 0. The molecule has 1 N–H and O–H groups in total. The van der Waals surface area contributed by atoms with E-state index in [1.807, 2.05) is 37.4 Å². The molecule has 2 atom stereocenters. The van der Waals surface area contributed by atoms with Crippen LogP contribution in [0.1, 0.15) is 19.3 Å². The first kappa shape index (κ1) is 13.0. The Hall–Kier alpha value is -1.48. The molecule has 0 saturated heterocycles. The topological polar surface area (TPSA) is 30.5 Å². The van der Waals surface area contributed by atoms with Crippen molar-refractivity contribution in [3.05, 3.63) is 36.9 Å². The van der Waals surface area contributed by atoms with Gasteiger partial charge in [0.15, 0.2) is 11.5 Å². The average molecular weight is 247 g/mol. The van der Waals surface area contributed by atoms with Gasteiger partial charge >= 0.3 is 0 Å². The van der Waals surface area contributed by atoms with Crippen molar-refractivity contribution in [3.63, 3.8) is 0 Å². The SMILES string of the molecule is C=CCCCC(NC)C1COc2ccccc2O1. The minimum Gasteiger partial charge on any atom is -0.486 e. The first-order valence-electron chi connectivity index (χ1n) is 6.51. The van der Waals surface area contributed by atoms with Crippen molar-refractivity contribution in [1.29, 1.82) is 0 Å². The Morgan fingerprint density at radius 3 is 2.94 bits per heavy atom. The van der Waals surface area contributed by atoms with Gasteiger partial charge in [0.05, 0.1) is 0 Å². The van der Waals surface area contributed by atoms with E-state index < -0.39 is 0 Å². The largest absolute Gasteiger partial charge is 0.486 e. The maximum absolute atomic E-state index is 6.00. The Labute approximate surface area is 109 Å². The monoisotopic (exact) mass is 247 g/mol. The Bertz CT molecular complexity index is 392. The molecule has 1 aliphatic heterocycles. The van der Waals surface area contributed by atoms with E-state index in [4.69, 9.17) is 9.47 Å². The van der Waals surface area contributed by atoms with Crippen LogP contribution < -0.4 is 14.8 Å². The smallest absolute Gasteiger partial charge is 0.161 e. The number of para-hydroxylation sites is 2. The number of allylic oxidation sites excluding steroid dienone is 1. The van der Waals surface area contributed by atoms with E-state index in [2.05, 4.69) is 11.9 Å². The fourth-order valence-corrected chi connectivity index (χ4v) is 2.23. The highest BCUT2D eigenvalue weighted by Crippen LogP contribution is 2.32. The molecular weight excluding hydrogens is 226 g/mol. The minimum atomic E-state index is 0.0784. The lowest BCUT2D eigenvalue weighted by Crippen LogP contribution is -2.46. The molecule has 0 bridgehead atoms. The second kappa shape index (κ2) is 6.45. The molecule has 0 amide bonds. The standard InChI is InChI=1S/C15H21NO2/c1-3-4-5-8-12(16-2)15-11-17-13-9-6-7-10-14(13)18-15/h3,6-7,9-10,12,15-16H,1,4-5,8,11H2,2H3. The normalized spacial score (nSPS) is 19.3. The van der Waals surface area contributed by atoms with Gasteiger partial charge in [-0.25, -0.2) is 0 Å². The van der Waals surface area contributed by atoms with E-state index in [-0.39, 0.29) is 6.10 Å². The van der Waals surface area contributed by atoms with Crippen LogP contribution in [0.2, 0.25) is 0 Å². The van der Waals surface area contributed by atoms with Crippen molar-refractivity contribution < 1.29 is 9.47 Å². The quantitative estimate of drug-likeness (QED) is 0.619. The summed E-state index contributed by atoms with van der Waals surface area (Å²) in [6.07, 6.45) is 5.27. The van der Waals surface area contributed by atoms with E-state index >= 15 is 0 Å². The maximum atomic E-state index is 6.00. The zero-order chi connectivity index (χ0) is 12.8. The van der Waals surface area contributed by atoms with Gasteiger partial charge in [0.2, 0.25) is 0 Å². The summed E-state index contributed by atoms with van der Waals surface area (Å²) < 4.78 is 11.7. The zero-order valence-electron chi connectivity index (χ0n) is 10.9. The second-order valence-corrected chi connectivity index (χ2v) is 4.53. The van der Waals surface area contributed by atoms with Gasteiger partial charge in [-0.3, -0.25) is 0 Å². The van der Waals surface area contributed by atoms with Gasteiger partial charge in [0.25, 0.3) is 0 Å². The first-order chi connectivity index (χ1) is 8.85. The lowest BCUT2D eigenvalue weighted by atomic mass is 10.0. The van der Waals surface area contributed by atoms with Crippen LogP contribution in [0.3, 0.4) is 0 Å². The van der Waals surface area contributed by atoms with Gasteiger partial charge in [-0.15, -0.1) is 6.58 Å². The van der Waals surface area contributed by atoms with E-state index in [9.17, 15) is 0 Å². The molecule has 18 heavy (non-hydrogen) atoms. The molecular formula is C15H21NO2. The Balaban J connectivity index is 1.95. The molecule has 1 aromatic rings. The summed E-state index contributed by atoms with van der Waals surface area (Å²) in [5.41, 5.74) is 0. The molecule has 0 fully saturated rings. The summed E-state index contributed by atoms with van der Waals surface area (Å²) >= 11 is 0. The third kappa shape index (κ3) is 3.05. The van der Waals surface area contributed by atoms with Crippen molar-refractivity contribution in [3.8, 4) is 11.5 Å². The summed E-state index contributed by atoms with van der Waals surface area (Å²) in [7, 11) is 1.97. The number of benzene rings is 1.